The average Bonchev–Trinajstić information content (AvgIpc) is 1.83. The van der Waals surface area contributed by atoms with Gasteiger partial charge >= 0.3 is 0 Å². The number of hydrogen-bond donors (Lipinski definition) is 2. The lowest BCUT2D eigenvalue weighted by Gasteiger charge is -2.03. The highest BCUT2D eigenvalue weighted by Gasteiger charge is 1.98. The van der Waals surface area contributed by atoms with E-state index in [-0.39, 0.29) is 5.23 Å². The van der Waals surface area contributed by atoms with E-state index in [0.717, 1.165) is 0 Å². The Morgan fingerprint density at radius 2 is 2.12 bits per heavy atom. The molecule has 0 aliphatic carbocycles. The van der Waals surface area contributed by atoms with Crippen LogP contribution in [0.15, 0.2) is 0 Å². The SMILES string of the molecule is COCC[NH+](O)OC. The van der Waals surface area contributed by atoms with Crippen molar-refractivity contribution < 1.29 is 20.0 Å². The molecule has 50 valence electrons. The Morgan fingerprint density at radius 3 is 2.50 bits per heavy atom. The summed E-state index contributed by atoms with van der Waals surface area (Å²) in [4.78, 5) is 4.44. The summed E-state index contributed by atoms with van der Waals surface area (Å²) in [5, 5.41) is 8.62. The van der Waals surface area contributed by atoms with E-state index >= 15 is 0 Å². The molecule has 0 saturated heterocycles. The molecule has 0 rings (SSSR count). The molecule has 8 heavy (non-hydrogen) atoms. The quantitative estimate of drug-likeness (QED) is 0.444. The van der Waals surface area contributed by atoms with Gasteiger partial charge in [0.2, 0.25) is 0 Å². The van der Waals surface area contributed by atoms with E-state index in [4.69, 9.17) is 5.21 Å². The Hall–Kier alpha value is -0.160. The third kappa shape index (κ3) is 4.01. The van der Waals surface area contributed by atoms with Crippen LogP contribution in [0.5, 0.6) is 0 Å². The lowest BCUT2D eigenvalue weighted by Crippen LogP contribution is -3.08. The molecule has 0 saturated carbocycles. The Labute approximate surface area is 48.5 Å². The van der Waals surface area contributed by atoms with E-state index < -0.39 is 0 Å². The van der Waals surface area contributed by atoms with Gasteiger partial charge in [-0.2, -0.15) is 10.0 Å². The number of rotatable bonds is 4. The maximum atomic E-state index is 8.60. The van der Waals surface area contributed by atoms with Gasteiger partial charge in [-0.15, -0.1) is 0 Å². The molecule has 0 aromatic carbocycles. The fraction of sp³-hybridized carbons (Fsp3) is 1.00. The minimum atomic E-state index is 0.0202. The normalized spacial score (nSPS) is 13.9. The molecule has 2 N–H and O–H groups in total. The van der Waals surface area contributed by atoms with Gasteiger partial charge in [0.15, 0.2) is 6.54 Å². The van der Waals surface area contributed by atoms with Crippen LogP contribution in [-0.2, 0) is 9.57 Å². The highest BCUT2D eigenvalue weighted by molar-refractivity contribution is 4.12. The second-order valence-corrected chi connectivity index (χ2v) is 1.34. The summed E-state index contributed by atoms with van der Waals surface area (Å²) in [5.74, 6) is 0. The molecule has 0 aromatic heterocycles. The van der Waals surface area contributed by atoms with Gasteiger partial charge in [-0.3, -0.25) is 0 Å². The van der Waals surface area contributed by atoms with Gasteiger partial charge in [-0.1, -0.05) is 5.23 Å². The Bertz CT molecular complexity index is 50.5. The molecule has 0 spiro atoms. The van der Waals surface area contributed by atoms with Gasteiger partial charge in [0.1, 0.15) is 6.61 Å². The van der Waals surface area contributed by atoms with Crippen molar-refractivity contribution >= 4 is 0 Å². The first kappa shape index (κ1) is 7.84. The smallest absolute Gasteiger partial charge is 0.163 e. The Morgan fingerprint density at radius 1 is 1.50 bits per heavy atom. The van der Waals surface area contributed by atoms with E-state index in [1.807, 2.05) is 0 Å². The van der Waals surface area contributed by atoms with Crippen molar-refractivity contribution in [1.29, 1.82) is 0 Å². The Balaban J connectivity index is 2.86. The van der Waals surface area contributed by atoms with Crippen molar-refractivity contribution in [2.24, 2.45) is 0 Å². The second-order valence-electron chi connectivity index (χ2n) is 1.34. The largest absolute Gasteiger partial charge is 0.379 e. The predicted molar refractivity (Wildman–Crippen MR) is 26.5 cm³/mol. The summed E-state index contributed by atoms with van der Waals surface area (Å²) in [6, 6.07) is 0. The Kier molecular flexibility index (Phi) is 4.89. The molecule has 0 heterocycles. The fourth-order valence-electron chi connectivity index (χ4n) is 0.291. The first-order valence-corrected chi connectivity index (χ1v) is 2.39. The van der Waals surface area contributed by atoms with Crippen LogP contribution in [0.1, 0.15) is 0 Å². The zero-order valence-electron chi connectivity index (χ0n) is 5.18. The summed E-state index contributed by atoms with van der Waals surface area (Å²) in [7, 11) is 2.99. The number of ether oxygens (including phenoxy) is 1. The number of quaternary nitrogens is 1. The van der Waals surface area contributed by atoms with Crippen LogP contribution >= 0.6 is 0 Å². The molecular weight excluding hydrogens is 110 g/mol. The van der Waals surface area contributed by atoms with Crippen molar-refractivity contribution in [2.75, 3.05) is 27.4 Å². The molecule has 0 bridgehead atoms. The van der Waals surface area contributed by atoms with Gasteiger partial charge in [0, 0.05) is 7.11 Å². The molecule has 0 aromatic rings. The molecule has 4 nitrogen and oxygen atoms in total. The van der Waals surface area contributed by atoms with Gasteiger partial charge in [-0.25, -0.2) is 0 Å². The zero-order chi connectivity index (χ0) is 6.41. The van der Waals surface area contributed by atoms with E-state index in [1.54, 1.807) is 7.11 Å². The van der Waals surface area contributed by atoms with Crippen LogP contribution in [0.4, 0.5) is 0 Å². The maximum absolute atomic E-state index is 8.60. The topological polar surface area (TPSA) is 43.1 Å². The van der Waals surface area contributed by atoms with Crippen LogP contribution < -0.4 is 5.23 Å². The lowest BCUT2D eigenvalue weighted by atomic mass is 10.7. The van der Waals surface area contributed by atoms with E-state index in [9.17, 15) is 0 Å². The van der Waals surface area contributed by atoms with E-state index in [0.29, 0.717) is 13.2 Å². The van der Waals surface area contributed by atoms with E-state index in [1.165, 1.54) is 7.11 Å². The molecule has 0 aliphatic rings. The zero-order valence-corrected chi connectivity index (χ0v) is 5.18. The van der Waals surface area contributed by atoms with Crippen molar-refractivity contribution in [3.8, 4) is 0 Å². The molecular formula is C4H12NO3+. The van der Waals surface area contributed by atoms with Gasteiger partial charge in [-0.05, 0) is 0 Å². The van der Waals surface area contributed by atoms with Crippen molar-refractivity contribution in [2.45, 2.75) is 0 Å². The van der Waals surface area contributed by atoms with Crippen molar-refractivity contribution in [3.05, 3.63) is 0 Å². The van der Waals surface area contributed by atoms with Crippen molar-refractivity contribution in [1.82, 2.24) is 0 Å². The second kappa shape index (κ2) is 4.99. The van der Waals surface area contributed by atoms with Gasteiger partial charge < -0.3 is 4.74 Å². The van der Waals surface area contributed by atoms with Crippen LogP contribution in [0.3, 0.4) is 0 Å². The average molecular weight is 122 g/mol. The molecule has 1 atom stereocenters. The molecule has 4 heteroatoms. The summed E-state index contributed by atoms with van der Waals surface area (Å²) < 4.78 is 4.65. The van der Waals surface area contributed by atoms with Gasteiger partial charge in [0.05, 0.1) is 7.11 Å². The third-order valence-corrected chi connectivity index (χ3v) is 0.756. The number of hydroxylamine groups is 2. The van der Waals surface area contributed by atoms with Crippen LogP contribution in [0, 0.1) is 0 Å². The number of nitrogens with one attached hydrogen (secondary N) is 1. The van der Waals surface area contributed by atoms with E-state index in [2.05, 4.69) is 9.57 Å². The maximum Gasteiger partial charge on any atom is 0.163 e. The summed E-state index contributed by atoms with van der Waals surface area (Å²) in [5.41, 5.74) is 0. The first-order chi connectivity index (χ1) is 3.81. The molecule has 0 radical (unpaired) electrons. The molecule has 0 fully saturated rings. The minimum absolute atomic E-state index is 0.0202. The minimum Gasteiger partial charge on any atom is -0.379 e. The van der Waals surface area contributed by atoms with Crippen LogP contribution in [-0.4, -0.2) is 32.6 Å². The number of methoxy groups -OCH3 is 1. The number of hydrogen-bond acceptors (Lipinski definition) is 3. The lowest BCUT2D eigenvalue weighted by molar-refractivity contribution is -1.24. The molecule has 0 aliphatic heterocycles. The fourth-order valence-corrected chi connectivity index (χ4v) is 0.291. The van der Waals surface area contributed by atoms with Gasteiger partial charge in [0.25, 0.3) is 0 Å². The summed E-state index contributed by atoms with van der Waals surface area (Å²) in [6.45, 7) is 0.951. The van der Waals surface area contributed by atoms with Crippen molar-refractivity contribution in [3.63, 3.8) is 0 Å². The highest BCUT2D eigenvalue weighted by atomic mass is 16.9. The third-order valence-electron chi connectivity index (χ3n) is 0.756. The molecule has 0 amide bonds. The standard InChI is InChI=1S/C4H11NO3/c1-7-4-3-5(6)8-2/h6H,3-4H2,1-2H3/p+1. The summed E-state index contributed by atoms with van der Waals surface area (Å²) in [6.07, 6.45) is 0. The van der Waals surface area contributed by atoms with Crippen LogP contribution in [0.2, 0.25) is 0 Å². The summed E-state index contributed by atoms with van der Waals surface area (Å²) >= 11 is 0. The highest BCUT2D eigenvalue weighted by Crippen LogP contribution is 1.55. The monoisotopic (exact) mass is 122 g/mol. The molecule has 1 unspecified atom stereocenters. The predicted octanol–water partition coefficient (Wildman–Crippen LogP) is -1.53. The first-order valence-electron chi connectivity index (χ1n) is 2.39. The van der Waals surface area contributed by atoms with Crippen LogP contribution in [0.25, 0.3) is 0 Å².